The minimum atomic E-state index is 0.755. The zero-order valence-electron chi connectivity index (χ0n) is 6.81. The van der Waals surface area contributed by atoms with Crippen LogP contribution < -0.4 is 0 Å². The van der Waals surface area contributed by atoms with Crippen LogP contribution in [0.1, 0.15) is 27.2 Å². The SMILES string of the molecule is CC1=[N+](C)C(C)C(C)C1. The molecule has 0 fully saturated rings. The molecule has 1 heteroatoms. The molecular weight excluding hydrogens is 110 g/mol. The molecule has 1 aliphatic heterocycles. The third-order valence-electron chi connectivity index (χ3n) is 2.65. The van der Waals surface area contributed by atoms with Crippen molar-refractivity contribution in [3.05, 3.63) is 0 Å². The topological polar surface area (TPSA) is 3.01 Å². The van der Waals surface area contributed by atoms with Gasteiger partial charge in [-0.15, -0.1) is 0 Å². The molecule has 52 valence electrons. The third-order valence-corrected chi connectivity index (χ3v) is 2.65. The van der Waals surface area contributed by atoms with Gasteiger partial charge in [-0.05, 0) is 6.92 Å². The molecule has 0 amide bonds. The van der Waals surface area contributed by atoms with Gasteiger partial charge in [0.15, 0.2) is 6.04 Å². The van der Waals surface area contributed by atoms with Crippen molar-refractivity contribution in [2.75, 3.05) is 7.05 Å². The Labute approximate surface area is 57.4 Å². The second kappa shape index (κ2) is 2.13. The van der Waals surface area contributed by atoms with Gasteiger partial charge in [-0.1, -0.05) is 6.92 Å². The Morgan fingerprint density at radius 1 is 1.44 bits per heavy atom. The summed E-state index contributed by atoms with van der Waals surface area (Å²) in [4.78, 5) is 0. The maximum atomic E-state index is 2.38. The molecule has 0 aromatic rings. The van der Waals surface area contributed by atoms with Crippen LogP contribution in [-0.4, -0.2) is 23.4 Å². The maximum Gasteiger partial charge on any atom is 0.152 e. The van der Waals surface area contributed by atoms with Gasteiger partial charge in [0.25, 0.3) is 0 Å². The molecule has 0 saturated carbocycles. The highest BCUT2D eigenvalue weighted by Crippen LogP contribution is 2.18. The number of hydrogen-bond acceptors (Lipinski definition) is 0. The van der Waals surface area contributed by atoms with Crippen molar-refractivity contribution in [3.8, 4) is 0 Å². The molecule has 2 unspecified atom stereocenters. The lowest BCUT2D eigenvalue weighted by atomic mass is 10.0. The van der Waals surface area contributed by atoms with Crippen LogP contribution in [0.5, 0.6) is 0 Å². The van der Waals surface area contributed by atoms with Crippen molar-refractivity contribution in [1.29, 1.82) is 0 Å². The van der Waals surface area contributed by atoms with Gasteiger partial charge in [0, 0.05) is 19.3 Å². The van der Waals surface area contributed by atoms with Crippen molar-refractivity contribution >= 4 is 5.71 Å². The molecular formula is C8H16N+. The fourth-order valence-electron chi connectivity index (χ4n) is 1.51. The number of hydrogen-bond donors (Lipinski definition) is 0. The molecule has 1 nitrogen and oxygen atoms in total. The summed E-state index contributed by atoms with van der Waals surface area (Å²) in [5.74, 6) is 0.856. The lowest BCUT2D eigenvalue weighted by Crippen LogP contribution is -2.19. The minimum Gasteiger partial charge on any atom is -0.237 e. The van der Waals surface area contributed by atoms with Gasteiger partial charge in [-0.3, -0.25) is 0 Å². The Kier molecular flexibility index (Phi) is 1.60. The molecule has 1 aliphatic rings. The molecule has 0 N–H and O–H groups in total. The van der Waals surface area contributed by atoms with E-state index in [1.165, 1.54) is 12.1 Å². The summed E-state index contributed by atoms with van der Waals surface area (Å²) in [5.41, 5.74) is 1.54. The van der Waals surface area contributed by atoms with E-state index in [9.17, 15) is 0 Å². The highest BCUT2D eigenvalue weighted by atomic mass is 15.0. The highest BCUT2D eigenvalue weighted by Gasteiger charge is 2.29. The first kappa shape index (κ1) is 6.79. The fraction of sp³-hybridized carbons (Fsp3) is 0.875. The molecule has 0 saturated heterocycles. The van der Waals surface area contributed by atoms with Crippen LogP contribution in [-0.2, 0) is 0 Å². The van der Waals surface area contributed by atoms with E-state index >= 15 is 0 Å². The summed E-state index contributed by atoms with van der Waals surface area (Å²) >= 11 is 0. The molecule has 0 aliphatic carbocycles. The first-order valence-corrected chi connectivity index (χ1v) is 3.68. The summed E-state index contributed by atoms with van der Waals surface area (Å²) < 4.78 is 2.38. The van der Waals surface area contributed by atoms with E-state index in [0.29, 0.717) is 0 Å². The van der Waals surface area contributed by atoms with E-state index < -0.39 is 0 Å². The zero-order valence-corrected chi connectivity index (χ0v) is 6.81. The molecule has 0 aromatic heterocycles. The van der Waals surface area contributed by atoms with Gasteiger partial charge in [-0.2, -0.15) is 0 Å². The number of rotatable bonds is 0. The largest absolute Gasteiger partial charge is 0.237 e. The van der Waals surface area contributed by atoms with Crippen molar-refractivity contribution < 1.29 is 4.58 Å². The lowest BCUT2D eigenvalue weighted by molar-refractivity contribution is -0.531. The molecule has 0 radical (unpaired) electrons. The quantitative estimate of drug-likeness (QED) is 0.433. The first-order valence-electron chi connectivity index (χ1n) is 3.68. The van der Waals surface area contributed by atoms with E-state index in [2.05, 4.69) is 32.4 Å². The predicted octanol–water partition coefficient (Wildman–Crippen LogP) is 1.52. The summed E-state index contributed by atoms with van der Waals surface area (Å²) in [6.07, 6.45) is 1.29. The molecule has 9 heavy (non-hydrogen) atoms. The maximum absolute atomic E-state index is 2.38. The van der Waals surface area contributed by atoms with E-state index in [-0.39, 0.29) is 0 Å². The Hall–Kier alpha value is -0.330. The Morgan fingerprint density at radius 3 is 2.11 bits per heavy atom. The molecule has 0 aromatic carbocycles. The Bertz CT molecular complexity index is 147. The highest BCUT2D eigenvalue weighted by molar-refractivity contribution is 5.78. The first-order chi connectivity index (χ1) is 4.13. The number of nitrogens with zero attached hydrogens (tertiary/aromatic N) is 1. The second-order valence-corrected chi connectivity index (χ2v) is 3.27. The van der Waals surface area contributed by atoms with E-state index in [1.807, 2.05) is 0 Å². The zero-order chi connectivity index (χ0) is 7.02. The molecule has 1 heterocycles. The van der Waals surface area contributed by atoms with Crippen molar-refractivity contribution in [2.24, 2.45) is 5.92 Å². The fourth-order valence-corrected chi connectivity index (χ4v) is 1.51. The van der Waals surface area contributed by atoms with Crippen molar-refractivity contribution in [3.63, 3.8) is 0 Å². The molecule has 0 bridgehead atoms. The van der Waals surface area contributed by atoms with E-state index in [1.54, 1.807) is 0 Å². The lowest BCUT2D eigenvalue weighted by Gasteiger charge is -2.03. The molecule has 1 rings (SSSR count). The second-order valence-electron chi connectivity index (χ2n) is 3.27. The summed E-state index contributed by atoms with van der Waals surface area (Å²) in [5, 5.41) is 0. The minimum absolute atomic E-state index is 0.755. The van der Waals surface area contributed by atoms with Gasteiger partial charge in [0.1, 0.15) is 12.8 Å². The van der Waals surface area contributed by atoms with E-state index in [0.717, 1.165) is 12.0 Å². The van der Waals surface area contributed by atoms with Crippen LogP contribution in [0.3, 0.4) is 0 Å². The van der Waals surface area contributed by atoms with Gasteiger partial charge in [-0.25, -0.2) is 4.58 Å². The van der Waals surface area contributed by atoms with Gasteiger partial charge in [0.2, 0.25) is 0 Å². The van der Waals surface area contributed by atoms with Crippen LogP contribution in [0, 0.1) is 5.92 Å². The van der Waals surface area contributed by atoms with Crippen molar-refractivity contribution in [2.45, 2.75) is 33.2 Å². The molecule has 0 spiro atoms. The van der Waals surface area contributed by atoms with Crippen LogP contribution in [0.15, 0.2) is 0 Å². The third kappa shape index (κ3) is 1.00. The average Bonchev–Trinajstić information content (AvgIpc) is 1.98. The summed E-state index contributed by atoms with van der Waals surface area (Å²) in [7, 11) is 2.18. The summed E-state index contributed by atoms with van der Waals surface area (Å²) in [6.45, 7) is 6.83. The smallest absolute Gasteiger partial charge is 0.152 e. The average molecular weight is 126 g/mol. The van der Waals surface area contributed by atoms with Crippen molar-refractivity contribution in [1.82, 2.24) is 0 Å². The van der Waals surface area contributed by atoms with Crippen LogP contribution in [0.2, 0.25) is 0 Å². The standard InChI is InChI=1S/C8H16N/c1-6-5-7(2)9(4)8(6)3/h6,8H,5H2,1-4H3/q+1. The normalized spacial score (nSPS) is 36.0. The van der Waals surface area contributed by atoms with Gasteiger partial charge >= 0.3 is 0 Å². The van der Waals surface area contributed by atoms with Crippen LogP contribution in [0.25, 0.3) is 0 Å². The predicted molar refractivity (Wildman–Crippen MR) is 40.1 cm³/mol. The van der Waals surface area contributed by atoms with Crippen LogP contribution >= 0.6 is 0 Å². The Balaban J connectivity index is 2.74. The van der Waals surface area contributed by atoms with Gasteiger partial charge < -0.3 is 0 Å². The Morgan fingerprint density at radius 2 is 2.00 bits per heavy atom. The van der Waals surface area contributed by atoms with E-state index in [4.69, 9.17) is 0 Å². The van der Waals surface area contributed by atoms with Crippen LogP contribution in [0.4, 0.5) is 0 Å². The summed E-state index contributed by atoms with van der Waals surface area (Å²) in [6, 6.07) is 0.755. The molecule has 2 atom stereocenters. The van der Waals surface area contributed by atoms with Gasteiger partial charge in [0.05, 0.1) is 0 Å². The monoisotopic (exact) mass is 126 g/mol.